The molecule has 0 aliphatic heterocycles. The maximum absolute atomic E-state index is 6.01. The van der Waals surface area contributed by atoms with Gasteiger partial charge in [0.2, 0.25) is 0 Å². The second-order valence-electron chi connectivity index (χ2n) is 5.77. The summed E-state index contributed by atoms with van der Waals surface area (Å²) in [5.74, 6) is 1.61. The summed E-state index contributed by atoms with van der Waals surface area (Å²) in [5, 5.41) is 4.07. The maximum Gasteiger partial charge on any atom is 0.136 e. The van der Waals surface area contributed by atoms with Crippen molar-refractivity contribution in [3.63, 3.8) is 0 Å². The number of methoxy groups -OCH3 is 2. The van der Waals surface area contributed by atoms with Gasteiger partial charge < -0.3 is 18.3 Å². The minimum atomic E-state index is 0.805. The molecule has 0 bridgehead atoms. The third kappa shape index (κ3) is 1.74. The molecular formula is C20H14O4. The number of hydrogen-bond acceptors (Lipinski definition) is 4. The van der Waals surface area contributed by atoms with E-state index in [-0.39, 0.29) is 0 Å². The highest BCUT2D eigenvalue weighted by atomic mass is 16.5. The molecule has 5 rings (SSSR count). The fourth-order valence-corrected chi connectivity index (χ4v) is 3.26. The molecule has 4 heteroatoms. The summed E-state index contributed by atoms with van der Waals surface area (Å²) in [7, 11) is 3.32. The first-order valence-electron chi connectivity index (χ1n) is 7.67. The summed E-state index contributed by atoms with van der Waals surface area (Å²) in [6.07, 6.45) is 0. The monoisotopic (exact) mass is 318 g/mol. The zero-order valence-electron chi connectivity index (χ0n) is 13.3. The van der Waals surface area contributed by atoms with Gasteiger partial charge in [-0.1, -0.05) is 0 Å². The van der Waals surface area contributed by atoms with Crippen LogP contribution in [0.15, 0.2) is 57.4 Å². The Morgan fingerprint density at radius 2 is 0.958 bits per heavy atom. The molecule has 118 valence electrons. The molecule has 0 aliphatic rings. The molecule has 0 fully saturated rings. The highest BCUT2D eigenvalue weighted by molar-refractivity contribution is 6.15. The quantitative estimate of drug-likeness (QED) is 0.431. The van der Waals surface area contributed by atoms with Crippen molar-refractivity contribution < 1.29 is 18.3 Å². The molecule has 0 aliphatic carbocycles. The third-order valence-electron chi connectivity index (χ3n) is 4.48. The molecule has 0 saturated carbocycles. The van der Waals surface area contributed by atoms with Gasteiger partial charge in [-0.15, -0.1) is 0 Å². The zero-order chi connectivity index (χ0) is 16.3. The summed E-state index contributed by atoms with van der Waals surface area (Å²) in [5.41, 5.74) is 3.33. The largest absolute Gasteiger partial charge is 0.497 e. The van der Waals surface area contributed by atoms with Crippen LogP contribution in [0.5, 0.6) is 11.5 Å². The van der Waals surface area contributed by atoms with Gasteiger partial charge in [-0.2, -0.15) is 0 Å². The van der Waals surface area contributed by atoms with Crippen LogP contribution in [0.4, 0.5) is 0 Å². The van der Waals surface area contributed by atoms with Gasteiger partial charge in [0.25, 0.3) is 0 Å². The lowest BCUT2D eigenvalue weighted by Crippen LogP contribution is -1.80. The van der Waals surface area contributed by atoms with Crippen molar-refractivity contribution in [3.05, 3.63) is 48.5 Å². The first-order valence-corrected chi connectivity index (χ1v) is 7.67. The van der Waals surface area contributed by atoms with Crippen LogP contribution in [0.3, 0.4) is 0 Å². The topological polar surface area (TPSA) is 44.7 Å². The summed E-state index contributed by atoms with van der Waals surface area (Å²) < 4.78 is 22.7. The van der Waals surface area contributed by atoms with Crippen molar-refractivity contribution in [2.24, 2.45) is 0 Å². The standard InChI is InChI=1S/C20H14O4/c1-21-11-3-5-17-13(7-11)15-9-20-16(10-19(15)23-17)14-8-12(22-2)4-6-18(14)24-20/h3-10H,1-2H3. The predicted octanol–water partition coefficient (Wildman–Crippen LogP) is 5.50. The minimum Gasteiger partial charge on any atom is -0.497 e. The first kappa shape index (κ1) is 13.3. The molecule has 0 atom stereocenters. The molecule has 0 radical (unpaired) electrons. The van der Waals surface area contributed by atoms with Crippen molar-refractivity contribution in [1.82, 2.24) is 0 Å². The van der Waals surface area contributed by atoms with Gasteiger partial charge in [-0.05, 0) is 48.5 Å². The molecule has 5 aromatic rings. The molecule has 4 nitrogen and oxygen atoms in total. The van der Waals surface area contributed by atoms with Gasteiger partial charge in [-0.25, -0.2) is 0 Å². The molecule has 0 saturated heterocycles. The van der Waals surface area contributed by atoms with Crippen LogP contribution in [0.2, 0.25) is 0 Å². The Hall–Kier alpha value is -3.14. The molecule has 0 unspecified atom stereocenters. The summed E-state index contributed by atoms with van der Waals surface area (Å²) in [6.45, 7) is 0. The second-order valence-corrected chi connectivity index (χ2v) is 5.77. The van der Waals surface area contributed by atoms with E-state index in [2.05, 4.69) is 0 Å². The van der Waals surface area contributed by atoms with Crippen LogP contribution >= 0.6 is 0 Å². The fourth-order valence-electron chi connectivity index (χ4n) is 3.26. The van der Waals surface area contributed by atoms with E-state index < -0.39 is 0 Å². The van der Waals surface area contributed by atoms with Gasteiger partial charge in [-0.3, -0.25) is 0 Å². The Balaban J connectivity index is 1.89. The van der Waals surface area contributed by atoms with Gasteiger partial charge >= 0.3 is 0 Å². The Morgan fingerprint density at radius 3 is 1.38 bits per heavy atom. The van der Waals surface area contributed by atoms with Gasteiger partial charge in [0.05, 0.1) is 14.2 Å². The van der Waals surface area contributed by atoms with E-state index >= 15 is 0 Å². The molecule has 3 aromatic carbocycles. The number of ether oxygens (including phenoxy) is 2. The average molecular weight is 318 g/mol. The second kappa shape index (κ2) is 4.68. The van der Waals surface area contributed by atoms with Crippen LogP contribution in [0, 0.1) is 0 Å². The molecule has 2 heterocycles. The van der Waals surface area contributed by atoms with Crippen LogP contribution in [-0.4, -0.2) is 14.2 Å². The van der Waals surface area contributed by atoms with E-state index in [0.717, 1.165) is 55.4 Å². The lowest BCUT2D eigenvalue weighted by Gasteiger charge is -1.98. The normalized spacial score (nSPS) is 11.8. The van der Waals surface area contributed by atoms with Crippen LogP contribution in [0.1, 0.15) is 0 Å². The van der Waals surface area contributed by atoms with Gasteiger partial charge in [0.15, 0.2) is 0 Å². The van der Waals surface area contributed by atoms with Crippen molar-refractivity contribution in [2.75, 3.05) is 14.2 Å². The van der Waals surface area contributed by atoms with Crippen LogP contribution < -0.4 is 9.47 Å². The lowest BCUT2D eigenvalue weighted by atomic mass is 10.1. The summed E-state index contributed by atoms with van der Waals surface area (Å²) in [4.78, 5) is 0. The molecule has 2 aromatic heterocycles. The Labute approximate surface area is 137 Å². The average Bonchev–Trinajstić information content (AvgIpc) is 3.15. The van der Waals surface area contributed by atoms with E-state index in [0.29, 0.717) is 0 Å². The first-order chi connectivity index (χ1) is 11.8. The van der Waals surface area contributed by atoms with E-state index in [1.165, 1.54) is 0 Å². The smallest absolute Gasteiger partial charge is 0.136 e. The Kier molecular flexibility index (Phi) is 2.59. The number of fused-ring (bicyclic) bond motifs is 6. The molecule has 0 spiro atoms. The molecule has 0 N–H and O–H groups in total. The molecule has 24 heavy (non-hydrogen) atoms. The number of furan rings is 2. The van der Waals surface area contributed by atoms with Crippen LogP contribution in [0.25, 0.3) is 43.9 Å². The Bertz CT molecular complexity index is 1130. The van der Waals surface area contributed by atoms with Crippen LogP contribution in [-0.2, 0) is 0 Å². The summed E-state index contributed by atoms with van der Waals surface area (Å²) >= 11 is 0. The number of hydrogen-bond donors (Lipinski definition) is 0. The van der Waals surface area contributed by atoms with Gasteiger partial charge in [0, 0.05) is 21.5 Å². The Morgan fingerprint density at radius 1 is 0.542 bits per heavy atom. The highest BCUT2D eigenvalue weighted by Gasteiger charge is 2.14. The number of benzene rings is 3. The predicted molar refractivity (Wildman–Crippen MR) is 94.1 cm³/mol. The summed E-state index contributed by atoms with van der Waals surface area (Å²) in [6, 6.07) is 15.7. The molecule has 0 amide bonds. The van der Waals surface area contributed by atoms with E-state index in [1.54, 1.807) is 14.2 Å². The lowest BCUT2D eigenvalue weighted by molar-refractivity contribution is 0.415. The SMILES string of the molecule is COc1ccc2oc3cc4c(cc3c2c1)oc1ccc(OC)cc14. The molecular weight excluding hydrogens is 304 g/mol. The van der Waals surface area contributed by atoms with E-state index in [1.807, 2.05) is 48.5 Å². The maximum atomic E-state index is 6.01. The third-order valence-corrected chi connectivity index (χ3v) is 4.48. The fraction of sp³-hybridized carbons (Fsp3) is 0.100. The van der Waals surface area contributed by atoms with Crippen molar-refractivity contribution in [2.45, 2.75) is 0 Å². The minimum absolute atomic E-state index is 0.805. The van der Waals surface area contributed by atoms with Crippen molar-refractivity contribution in [1.29, 1.82) is 0 Å². The zero-order valence-corrected chi connectivity index (χ0v) is 13.3. The van der Waals surface area contributed by atoms with E-state index in [4.69, 9.17) is 18.3 Å². The number of rotatable bonds is 2. The van der Waals surface area contributed by atoms with Crippen molar-refractivity contribution in [3.8, 4) is 11.5 Å². The van der Waals surface area contributed by atoms with Gasteiger partial charge in [0.1, 0.15) is 33.8 Å². The highest BCUT2D eigenvalue weighted by Crippen LogP contribution is 2.38. The van der Waals surface area contributed by atoms with E-state index in [9.17, 15) is 0 Å². The van der Waals surface area contributed by atoms with Crippen molar-refractivity contribution >= 4 is 43.9 Å².